The number of carbonyl (C=O) groups excluding carboxylic acids is 4. The smallest absolute Gasteiger partial charge is 0.338 e. The van der Waals surface area contributed by atoms with E-state index in [0.717, 1.165) is 9.80 Å². The molecule has 0 radical (unpaired) electrons. The van der Waals surface area contributed by atoms with Crippen LogP contribution in [0.15, 0.2) is 77.7 Å². The minimum atomic E-state index is -0.570. The Hall–Kier alpha value is -4.11. The maximum Gasteiger partial charge on any atom is 0.338 e. The molecule has 1 unspecified atom stereocenters. The molecule has 3 aromatic carbocycles. The predicted octanol–water partition coefficient (Wildman–Crippen LogP) is 4.55. The lowest BCUT2D eigenvalue weighted by atomic mass is 10.2. The first kappa shape index (κ1) is 25.0. The fraction of sp³-hybridized carbons (Fsp3) is 0.185. The number of nitrogens with one attached hydrogen (secondary N) is 1. The molecular formula is C27H24N2O6S. The summed E-state index contributed by atoms with van der Waals surface area (Å²) in [5.74, 6) is -0.753. The predicted molar refractivity (Wildman–Crippen MR) is 137 cm³/mol. The molecule has 1 aliphatic rings. The topological polar surface area (TPSA) is 102 Å². The van der Waals surface area contributed by atoms with Gasteiger partial charge in [0.05, 0.1) is 30.2 Å². The van der Waals surface area contributed by atoms with Gasteiger partial charge < -0.3 is 14.8 Å². The molecule has 0 aromatic heterocycles. The van der Waals surface area contributed by atoms with Gasteiger partial charge in [-0.25, -0.2) is 9.69 Å². The summed E-state index contributed by atoms with van der Waals surface area (Å²) in [5.41, 5.74) is 1.84. The number of rotatable bonds is 8. The van der Waals surface area contributed by atoms with E-state index in [-0.39, 0.29) is 30.7 Å². The number of carbonyl (C=O) groups is 4. The molecule has 0 spiro atoms. The molecule has 36 heavy (non-hydrogen) atoms. The van der Waals surface area contributed by atoms with E-state index in [2.05, 4.69) is 5.32 Å². The third kappa shape index (κ3) is 5.58. The lowest BCUT2D eigenvalue weighted by Gasteiger charge is -2.15. The molecule has 1 saturated heterocycles. The Balaban J connectivity index is 1.38. The second-order valence-electron chi connectivity index (χ2n) is 7.86. The number of esters is 1. The van der Waals surface area contributed by atoms with Crippen molar-refractivity contribution in [1.29, 1.82) is 0 Å². The minimum Gasteiger partial charge on any atom is -0.497 e. The average Bonchev–Trinajstić information content (AvgIpc) is 3.17. The molecule has 0 saturated carbocycles. The van der Waals surface area contributed by atoms with Crippen molar-refractivity contribution in [3.05, 3.63) is 83.9 Å². The lowest BCUT2D eigenvalue weighted by molar-refractivity contribution is -0.121. The van der Waals surface area contributed by atoms with E-state index < -0.39 is 11.2 Å². The average molecular weight is 505 g/mol. The van der Waals surface area contributed by atoms with Crippen LogP contribution >= 0.6 is 11.8 Å². The van der Waals surface area contributed by atoms with Crippen LogP contribution in [-0.4, -0.2) is 42.7 Å². The van der Waals surface area contributed by atoms with Crippen LogP contribution in [0.5, 0.6) is 5.75 Å². The molecule has 1 atom stereocenters. The Kier molecular flexibility index (Phi) is 7.70. The number of hydrogen-bond acceptors (Lipinski definition) is 7. The van der Waals surface area contributed by atoms with Gasteiger partial charge in [-0.1, -0.05) is 6.07 Å². The van der Waals surface area contributed by atoms with Gasteiger partial charge in [0.15, 0.2) is 0 Å². The molecule has 8 nitrogen and oxygen atoms in total. The number of hydrogen-bond donors (Lipinski definition) is 1. The normalized spacial score (nSPS) is 15.1. The van der Waals surface area contributed by atoms with Crippen molar-refractivity contribution < 1.29 is 28.7 Å². The van der Waals surface area contributed by atoms with Crippen molar-refractivity contribution in [2.24, 2.45) is 0 Å². The number of nitrogens with zero attached hydrogens (tertiary/aromatic N) is 1. The molecule has 3 amide bonds. The Morgan fingerprint density at radius 3 is 2.39 bits per heavy atom. The summed E-state index contributed by atoms with van der Waals surface area (Å²) < 4.78 is 10.1. The monoisotopic (exact) mass is 504 g/mol. The molecule has 3 aromatic rings. The third-order valence-electron chi connectivity index (χ3n) is 5.46. The van der Waals surface area contributed by atoms with Crippen LogP contribution in [0.1, 0.15) is 34.1 Å². The number of methoxy groups -OCH3 is 1. The summed E-state index contributed by atoms with van der Waals surface area (Å²) in [5, 5.41) is 2.26. The highest BCUT2D eigenvalue weighted by molar-refractivity contribution is 8.00. The highest BCUT2D eigenvalue weighted by Crippen LogP contribution is 2.34. The zero-order chi connectivity index (χ0) is 25.7. The number of thioether (sulfide) groups is 1. The van der Waals surface area contributed by atoms with Gasteiger partial charge in [-0.2, -0.15) is 0 Å². The highest BCUT2D eigenvalue weighted by atomic mass is 32.2. The first-order valence-corrected chi connectivity index (χ1v) is 12.1. The molecule has 9 heteroatoms. The van der Waals surface area contributed by atoms with Gasteiger partial charge in [-0.3, -0.25) is 14.4 Å². The summed E-state index contributed by atoms with van der Waals surface area (Å²) >= 11 is 1.29. The van der Waals surface area contributed by atoms with E-state index in [1.165, 1.54) is 31.0 Å². The molecule has 0 bridgehead atoms. The molecule has 184 valence electrons. The van der Waals surface area contributed by atoms with Gasteiger partial charge in [-0.05, 0) is 73.7 Å². The molecule has 4 rings (SSSR count). The van der Waals surface area contributed by atoms with Crippen LogP contribution < -0.4 is 15.0 Å². The van der Waals surface area contributed by atoms with Gasteiger partial charge in [-0.15, -0.1) is 11.8 Å². The van der Waals surface area contributed by atoms with E-state index in [4.69, 9.17) is 9.47 Å². The third-order valence-corrected chi connectivity index (χ3v) is 6.66. The fourth-order valence-corrected chi connectivity index (χ4v) is 4.73. The van der Waals surface area contributed by atoms with E-state index in [1.807, 2.05) is 0 Å². The number of imide groups is 1. The van der Waals surface area contributed by atoms with Gasteiger partial charge in [0.2, 0.25) is 11.8 Å². The fourth-order valence-electron chi connectivity index (χ4n) is 3.68. The van der Waals surface area contributed by atoms with Crippen molar-refractivity contribution in [1.82, 2.24) is 0 Å². The van der Waals surface area contributed by atoms with Crippen LogP contribution in [0, 0.1) is 0 Å². The quantitative estimate of drug-likeness (QED) is 0.355. The lowest BCUT2D eigenvalue weighted by Crippen LogP contribution is -2.31. The van der Waals surface area contributed by atoms with E-state index >= 15 is 0 Å². The molecule has 1 aliphatic heterocycles. The Morgan fingerprint density at radius 2 is 1.72 bits per heavy atom. The summed E-state index contributed by atoms with van der Waals surface area (Å²) in [6.07, 6.45) is 0.0669. The van der Waals surface area contributed by atoms with Gasteiger partial charge in [0.1, 0.15) is 5.75 Å². The first-order valence-electron chi connectivity index (χ1n) is 11.3. The van der Waals surface area contributed by atoms with Crippen molar-refractivity contribution in [2.45, 2.75) is 23.5 Å². The van der Waals surface area contributed by atoms with Crippen molar-refractivity contribution in [2.75, 3.05) is 23.9 Å². The van der Waals surface area contributed by atoms with Gasteiger partial charge in [0.25, 0.3) is 5.91 Å². The maximum atomic E-state index is 13.0. The molecule has 1 heterocycles. The SMILES string of the molecule is CCOC(=O)c1ccc(N2C(=O)CC(Sc3ccc(NC(=O)c4cccc(OC)c4)cc3)C2=O)cc1. The summed E-state index contributed by atoms with van der Waals surface area (Å²) in [6.45, 7) is 1.98. The van der Waals surface area contributed by atoms with Gasteiger partial charge >= 0.3 is 5.97 Å². The van der Waals surface area contributed by atoms with Crippen LogP contribution in [0.3, 0.4) is 0 Å². The highest BCUT2D eigenvalue weighted by Gasteiger charge is 2.40. The molecule has 0 aliphatic carbocycles. The van der Waals surface area contributed by atoms with Crippen LogP contribution in [0.25, 0.3) is 0 Å². The van der Waals surface area contributed by atoms with E-state index in [9.17, 15) is 19.2 Å². The van der Waals surface area contributed by atoms with Gasteiger partial charge in [0, 0.05) is 22.6 Å². The number of ether oxygens (including phenoxy) is 2. The largest absolute Gasteiger partial charge is 0.497 e. The molecular weight excluding hydrogens is 480 g/mol. The van der Waals surface area contributed by atoms with Crippen LogP contribution in [-0.2, 0) is 14.3 Å². The van der Waals surface area contributed by atoms with E-state index in [0.29, 0.717) is 28.3 Å². The zero-order valence-corrected chi connectivity index (χ0v) is 20.5. The molecule has 1 N–H and O–H groups in total. The first-order chi connectivity index (χ1) is 17.4. The Labute approximate surface area is 212 Å². The second-order valence-corrected chi connectivity index (χ2v) is 9.13. The Morgan fingerprint density at radius 1 is 1.00 bits per heavy atom. The zero-order valence-electron chi connectivity index (χ0n) is 19.7. The number of anilines is 2. The minimum absolute atomic E-state index is 0.0669. The number of benzene rings is 3. The van der Waals surface area contributed by atoms with Crippen molar-refractivity contribution in [3.63, 3.8) is 0 Å². The van der Waals surface area contributed by atoms with Crippen LogP contribution in [0.2, 0.25) is 0 Å². The van der Waals surface area contributed by atoms with E-state index in [1.54, 1.807) is 67.6 Å². The Bertz CT molecular complexity index is 1290. The summed E-state index contributed by atoms with van der Waals surface area (Å²) in [7, 11) is 1.54. The van der Waals surface area contributed by atoms with Crippen LogP contribution in [0.4, 0.5) is 11.4 Å². The second kappa shape index (κ2) is 11.1. The maximum absolute atomic E-state index is 13.0. The summed E-state index contributed by atoms with van der Waals surface area (Å²) in [6, 6.07) is 20.1. The standard InChI is InChI=1S/C27H24N2O6S/c1-3-35-27(33)17-7-11-20(12-8-17)29-24(30)16-23(26(29)32)36-22-13-9-19(10-14-22)28-25(31)18-5-4-6-21(15-18)34-2/h4-15,23H,3,16H2,1-2H3,(H,28,31). The number of amides is 3. The van der Waals surface area contributed by atoms with Crippen molar-refractivity contribution in [3.8, 4) is 5.75 Å². The molecule has 1 fully saturated rings. The van der Waals surface area contributed by atoms with Crippen molar-refractivity contribution >= 4 is 46.8 Å². The summed E-state index contributed by atoms with van der Waals surface area (Å²) in [4.78, 5) is 51.9.